The summed E-state index contributed by atoms with van der Waals surface area (Å²) < 4.78 is 5.25. The van der Waals surface area contributed by atoms with Crippen molar-refractivity contribution < 1.29 is 14.3 Å². The number of hydrogen-bond acceptors (Lipinski definition) is 3. The van der Waals surface area contributed by atoms with Crippen molar-refractivity contribution in [3.05, 3.63) is 59.2 Å². The van der Waals surface area contributed by atoms with Gasteiger partial charge in [0.2, 0.25) is 5.91 Å². The molecule has 0 radical (unpaired) electrons. The number of urea groups is 1. The van der Waals surface area contributed by atoms with E-state index < -0.39 is 0 Å². The number of methoxy groups -OCH3 is 1. The van der Waals surface area contributed by atoms with Crippen LogP contribution in [-0.2, 0) is 11.3 Å². The van der Waals surface area contributed by atoms with E-state index in [4.69, 9.17) is 4.74 Å². The summed E-state index contributed by atoms with van der Waals surface area (Å²) in [6.07, 6.45) is 1.55. The van der Waals surface area contributed by atoms with E-state index in [-0.39, 0.29) is 18.0 Å². The Morgan fingerprint density at radius 1 is 1.10 bits per heavy atom. The molecule has 1 saturated heterocycles. The smallest absolute Gasteiger partial charge is 0.322 e. The summed E-state index contributed by atoms with van der Waals surface area (Å²) in [5.41, 5.74) is 4.09. The number of piperidine rings is 1. The van der Waals surface area contributed by atoms with Crippen LogP contribution in [0.2, 0.25) is 0 Å². The van der Waals surface area contributed by atoms with Crippen LogP contribution >= 0.6 is 0 Å². The first kappa shape index (κ1) is 21.7. The summed E-state index contributed by atoms with van der Waals surface area (Å²) in [5, 5.41) is 3.11. The second kappa shape index (κ2) is 9.65. The van der Waals surface area contributed by atoms with Gasteiger partial charge >= 0.3 is 6.03 Å². The van der Waals surface area contributed by atoms with Crippen molar-refractivity contribution >= 4 is 17.6 Å². The lowest BCUT2D eigenvalue weighted by Gasteiger charge is -2.38. The number of carbonyl (C=O) groups is 2. The maximum absolute atomic E-state index is 13.3. The number of amides is 3. The van der Waals surface area contributed by atoms with E-state index in [0.717, 1.165) is 41.0 Å². The molecule has 2 aromatic carbocycles. The quantitative estimate of drug-likeness (QED) is 0.798. The lowest BCUT2D eigenvalue weighted by Crippen LogP contribution is -2.49. The fourth-order valence-corrected chi connectivity index (χ4v) is 3.86. The molecule has 0 aromatic heterocycles. The summed E-state index contributed by atoms with van der Waals surface area (Å²) in [6, 6.07) is 13.7. The standard InChI is InChI=1S/C24H31N3O3/c1-17-6-5-7-23(18(17)2)25-24(29)27(16-20-8-10-22(30-4)11-9-20)21-12-14-26(15-13-21)19(3)28/h5-11,21H,12-16H2,1-4H3,(H,25,29). The Labute approximate surface area is 178 Å². The average molecular weight is 410 g/mol. The minimum Gasteiger partial charge on any atom is -0.497 e. The molecule has 0 spiro atoms. The first-order chi connectivity index (χ1) is 14.4. The molecule has 2 aromatic rings. The third-order valence-corrected chi connectivity index (χ3v) is 5.97. The number of ether oxygens (including phenoxy) is 1. The summed E-state index contributed by atoms with van der Waals surface area (Å²) in [5.74, 6) is 0.884. The van der Waals surface area contributed by atoms with Crippen LogP contribution in [0, 0.1) is 13.8 Å². The molecule has 1 heterocycles. The monoisotopic (exact) mass is 409 g/mol. The van der Waals surface area contributed by atoms with Crippen molar-refractivity contribution in [1.82, 2.24) is 9.80 Å². The van der Waals surface area contributed by atoms with E-state index in [1.54, 1.807) is 14.0 Å². The molecule has 1 N–H and O–H groups in total. The molecule has 0 atom stereocenters. The fourth-order valence-electron chi connectivity index (χ4n) is 3.86. The maximum atomic E-state index is 13.3. The number of hydrogen-bond donors (Lipinski definition) is 1. The highest BCUT2D eigenvalue weighted by Gasteiger charge is 2.29. The van der Waals surface area contributed by atoms with Crippen LogP contribution in [0.4, 0.5) is 10.5 Å². The minimum absolute atomic E-state index is 0.0767. The van der Waals surface area contributed by atoms with E-state index in [2.05, 4.69) is 5.32 Å². The van der Waals surface area contributed by atoms with Crippen LogP contribution in [0.25, 0.3) is 0 Å². The van der Waals surface area contributed by atoms with Gasteiger partial charge in [-0.2, -0.15) is 0 Å². The van der Waals surface area contributed by atoms with Crippen molar-refractivity contribution in [2.45, 2.75) is 46.2 Å². The fraction of sp³-hybridized carbons (Fsp3) is 0.417. The Kier molecular flexibility index (Phi) is 6.98. The van der Waals surface area contributed by atoms with Crippen molar-refractivity contribution in [3.63, 3.8) is 0 Å². The van der Waals surface area contributed by atoms with E-state index in [0.29, 0.717) is 19.6 Å². The normalized spacial score (nSPS) is 14.3. The predicted molar refractivity (Wildman–Crippen MR) is 119 cm³/mol. The number of likely N-dealkylation sites (tertiary alicyclic amines) is 1. The van der Waals surface area contributed by atoms with Gasteiger partial charge in [-0.3, -0.25) is 4.79 Å². The van der Waals surface area contributed by atoms with E-state index >= 15 is 0 Å². The van der Waals surface area contributed by atoms with Crippen LogP contribution in [0.1, 0.15) is 36.5 Å². The predicted octanol–water partition coefficient (Wildman–Crippen LogP) is 4.36. The zero-order chi connectivity index (χ0) is 21.7. The molecular weight excluding hydrogens is 378 g/mol. The van der Waals surface area contributed by atoms with Crippen molar-refractivity contribution in [3.8, 4) is 5.75 Å². The Morgan fingerprint density at radius 2 is 1.77 bits per heavy atom. The molecule has 30 heavy (non-hydrogen) atoms. The Bertz CT molecular complexity index is 887. The van der Waals surface area contributed by atoms with E-state index in [1.807, 2.05) is 66.1 Å². The maximum Gasteiger partial charge on any atom is 0.322 e. The number of rotatable bonds is 5. The number of nitrogens with one attached hydrogen (secondary N) is 1. The highest BCUT2D eigenvalue weighted by atomic mass is 16.5. The Morgan fingerprint density at radius 3 is 2.37 bits per heavy atom. The zero-order valence-corrected chi connectivity index (χ0v) is 18.3. The SMILES string of the molecule is COc1ccc(CN(C(=O)Nc2cccc(C)c2C)C2CCN(C(C)=O)CC2)cc1. The van der Waals surface area contributed by atoms with Crippen LogP contribution in [0.5, 0.6) is 5.75 Å². The molecule has 1 fully saturated rings. The molecule has 0 bridgehead atoms. The molecule has 0 saturated carbocycles. The Hall–Kier alpha value is -3.02. The van der Waals surface area contributed by atoms with Gasteiger partial charge in [-0.25, -0.2) is 4.79 Å². The number of carbonyl (C=O) groups excluding carboxylic acids is 2. The molecule has 1 aliphatic heterocycles. The first-order valence-electron chi connectivity index (χ1n) is 10.4. The van der Waals surface area contributed by atoms with E-state index in [1.165, 1.54) is 0 Å². The van der Waals surface area contributed by atoms with Gasteiger partial charge in [-0.1, -0.05) is 24.3 Å². The molecular formula is C24H31N3O3. The van der Waals surface area contributed by atoms with Crippen LogP contribution in [-0.4, -0.2) is 48.0 Å². The highest BCUT2D eigenvalue weighted by molar-refractivity contribution is 5.90. The number of aryl methyl sites for hydroxylation is 1. The topological polar surface area (TPSA) is 61.9 Å². The average Bonchev–Trinajstić information content (AvgIpc) is 2.75. The van der Waals surface area contributed by atoms with Gasteiger partial charge in [0.25, 0.3) is 0 Å². The molecule has 6 nitrogen and oxygen atoms in total. The summed E-state index contributed by atoms with van der Waals surface area (Å²) >= 11 is 0. The van der Waals surface area contributed by atoms with Crippen LogP contribution < -0.4 is 10.1 Å². The summed E-state index contributed by atoms with van der Waals surface area (Å²) in [4.78, 5) is 28.8. The second-order valence-electron chi connectivity index (χ2n) is 7.89. The van der Waals surface area contributed by atoms with Crippen molar-refractivity contribution in [2.75, 3.05) is 25.5 Å². The van der Waals surface area contributed by atoms with Gasteiger partial charge < -0.3 is 19.9 Å². The van der Waals surface area contributed by atoms with Gasteiger partial charge in [0.1, 0.15) is 5.75 Å². The lowest BCUT2D eigenvalue weighted by atomic mass is 10.0. The number of benzene rings is 2. The third kappa shape index (κ3) is 5.12. The van der Waals surface area contributed by atoms with E-state index in [9.17, 15) is 9.59 Å². The number of nitrogens with zero attached hydrogens (tertiary/aromatic N) is 2. The zero-order valence-electron chi connectivity index (χ0n) is 18.3. The molecule has 3 rings (SSSR count). The largest absolute Gasteiger partial charge is 0.497 e. The molecule has 3 amide bonds. The molecule has 0 unspecified atom stereocenters. The molecule has 6 heteroatoms. The molecule has 0 aliphatic carbocycles. The summed E-state index contributed by atoms with van der Waals surface area (Å²) in [7, 11) is 1.64. The van der Waals surface area contributed by atoms with Crippen LogP contribution in [0.3, 0.4) is 0 Å². The van der Waals surface area contributed by atoms with Gasteiger partial charge in [-0.15, -0.1) is 0 Å². The molecule has 160 valence electrons. The highest BCUT2D eigenvalue weighted by Crippen LogP contribution is 2.24. The first-order valence-corrected chi connectivity index (χ1v) is 10.4. The van der Waals surface area contributed by atoms with Crippen molar-refractivity contribution in [1.29, 1.82) is 0 Å². The van der Waals surface area contributed by atoms with Gasteiger partial charge in [-0.05, 0) is 61.6 Å². The Balaban J connectivity index is 1.79. The lowest BCUT2D eigenvalue weighted by molar-refractivity contribution is -0.130. The van der Waals surface area contributed by atoms with Crippen LogP contribution in [0.15, 0.2) is 42.5 Å². The summed E-state index contributed by atoms with van der Waals surface area (Å²) in [6.45, 7) is 7.52. The van der Waals surface area contributed by atoms with Gasteiger partial charge in [0.05, 0.1) is 7.11 Å². The second-order valence-corrected chi connectivity index (χ2v) is 7.89. The van der Waals surface area contributed by atoms with Gasteiger partial charge in [0.15, 0.2) is 0 Å². The number of anilines is 1. The minimum atomic E-state index is -0.110. The molecule has 1 aliphatic rings. The van der Waals surface area contributed by atoms with Crippen molar-refractivity contribution in [2.24, 2.45) is 0 Å². The van der Waals surface area contributed by atoms with Gasteiger partial charge in [0, 0.05) is 38.3 Å². The third-order valence-electron chi connectivity index (χ3n) is 5.97.